The Hall–Kier alpha value is -1.86. The van der Waals surface area contributed by atoms with E-state index in [4.69, 9.17) is 24.4 Å². The lowest BCUT2D eigenvalue weighted by atomic mass is 10.1. The van der Waals surface area contributed by atoms with Crippen LogP contribution in [-0.2, 0) is 0 Å². The third-order valence-electron chi connectivity index (χ3n) is 2.56. The van der Waals surface area contributed by atoms with E-state index in [1.165, 1.54) is 0 Å². The zero-order valence-electron chi connectivity index (χ0n) is 12.3. The lowest BCUT2D eigenvalue weighted by molar-refractivity contribution is 0.974. The van der Waals surface area contributed by atoms with Crippen molar-refractivity contribution >= 4 is 46.0 Å². The minimum atomic E-state index is 0.438. The van der Waals surface area contributed by atoms with Crippen LogP contribution < -0.4 is 16.2 Å². The van der Waals surface area contributed by atoms with Crippen molar-refractivity contribution < 1.29 is 0 Å². The van der Waals surface area contributed by atoms with Gasteiger partial charge in [0, 0.05) is 12.6 Å². The molecule has 0 aliphatic rings. The summed E-state index contributed by atoms with van der Waals surface area (Å²) in [6, 6.07) is 9.75. The zero-order chi connectivity index (χ0) is 15.7. The van der Waals surface area contributed by atoms with E-state index < -0.39 is 0 Å². The normalized spacial score (nSPS) is 11.8. The fourth-order valence-corrected chi connectivity index (χ4v) is 1.48. The van der Waals surface area contributed by atoms with Gasteiger partial charge in [0.05, 0.1) is 10.7 Å². The summed E-state index contributed by atoms with van der Waals surface area (Å²) in [4.78, 5) is 0.681. The Bertz CT molecular complexity index is 552. The molecule has 112 valence electrons. The molecule has 21 heavy (non-hydrogen) atoms. The molecule has 0 spiro atoms. The topological polar surface area (TPSA) is 60.8 Å². The van der Waals surface area contributed by atoms with E-state index in [1.54, 1.807) is 7.05 Å². The highest BCUT2D eigenvalue weighted by molar-refractivity contribution is 7.80. The van der Waals surface area contributed by atoms with Gasteiger partial charge in [0.1, 0.15) is 5.71 Å². The maximum Gasteiger partial charge on any atom is 0.186 e. The number of hydrogen-bond acceptors (Lipinski definition) is 4. The van der Waals surface area contributed by atoms with Crippen LogP contribution in [-0.4, -0.2) is 28.6 Å². The van der Waals surface area contributed by atoms with Crippen LogP contribution in [0.15, 0.2) is 40.5 Å². The molecule has 0 saturated heterocycles. The van der Waals surface area contributed by atoms with Gasteiger partial charge in [-0.15, -0.1) is 0 Å². The Morgan fingerprint density at radius 3 is 2.33 bits per heavy atom. The summed E-state index contributed by atoms with van der Waals surface area (Å²) in [5, 5.41) is 11.8. The van der Waals surface area contributed by atoms with Gasteiger partial charge in [-0.3, -0.25) is 10.9 Å². The van der Waals surface area contributed by atoms with Crippen LogP contribution in [0.2, 0.25) is 0 Å². The van der Waals surface area contributed by atoms with E-state index in [2.05, 4.69) is 26.4 Å². The molecule has 0 aliphatic carbocycles. The monoisotopic (exact) mass is 321 g/mol. The van der Waals surface area contributed by atoms with E-state index in [9.17, 15) is 0 Å². The summed E-state index contributed by atoms with van der Waals surface area (Å²) in [5.41, 5.74) is 7.97. The van der Waals surface area contributed by atoms with E-state index in [-0.39, 0.29) is 0 Å². The Morgan fingerprint density at radius 2 is 1.76 bits per heavy atom. The van der Waals surface area contributed by atoms with Crippen molar-refractivity contribution in [3.05, 3.63) is 35.9 Å². The molecular formula is C14H19N5S2. The molecule has 5 nitrogen and oxygen atoms in total. The summed E-state index contributed by atoms with van der Waals surface area (Å²) in [7, 11) is 1.73. The van der Waals surface area contributed by atoms with Crippen LogP contribution in [0.25, 0.3) is 0 Å². The maximum atomic E-state index is 5.10. The van der Waals surface area contributed by atoms with Crippen LogP contribution >= 0.6 is 24.4 Å². The smallest absolute Gasteiger partial charge is 0.186 e. The molecular weight excluding hydrogens is 302 g/mol. The fourth-order valence-electron chi connectivity index (χ4n) is 1.39. The highest BCUT2D eigenvalue weighted by Gasteiger charge is 2.08. The van der Waals surface area contributed by atoms with E-state index in [1.807, 2.05) is 44.2 Å². The highest BCUT2D eigenvalue weighted by atomic mass is 32.1. The van der Waals surface area contributed by atoms with Crippen molar-refractivity contribution in [3.63, 3.8) is 0 Å². The second-order valence-electron chi connectivity index (χ2n) is 4.10. The van der Waals surface area contributed by atoms with Crippen molar-refractivity contribution in [1.29, 1.82) is 0 Å². The van der Waals surface area contributed by atoms with Gasteiger partial charge < -0.3 is 5.32 Å². The van der Waals surface area contributed by atoms with Crippen LogP contribution in [0, 0.1) is 0 Å². The molecule has 0 atom stereocenters. The summed E-state index contributed by atoms with van der Waals surface area (Å²) in [6.07, 6.45) is 0.742. The second kappa shape index (κ2) is 9.15. The quantitative estimate of drug-likeness (QED) is 0.441. The van der Waals surface area contributed by atoms with Crippen molar-refractivity contribution in [2.24, 2.45) is 10.2 Å². The van der Waals surface area contributed by atoms with Crippen molar-refractivity contribution in [1.82, 2.24) is 16.2 Å². The number of benzene rings is 1. The number of hydrazone groups is 2. The molecule has 0 saturated carbocycles. The van der Waals surface area contributed by atoms with Crippen LogP contribution in [0.3, 0.4) is 0 Å². The van der Waals surface area contributed by atoms with Crippen molar-refractivity contribution in [3.8, 4) is 0 Å². The van der Waals surface area contributed by atoms with Gasteiger partial charge in [-0.05, 0) is 25.6 Å². The molecule has 0 aromatic heterocycles. The van der Waals surface area contributed by atoms with Gasteiger partial charge in [-0.1, -0.05) is 49.5 Å². The standard InChI is InChI=1S/C14H19N5S2/c1-4-12(20)17-16-10(2)13(18-19-14(21)15-3)11-8-6-5-7-9-11/h5-9H,4H2,1-3H3,(H,17,20)(H2,15,19,21). The fraction of sp³-hybridized carbons (Fsp3) is 0.286. The Kier molecular flexibility index (Phi) is 7.49. The summed E-state index contributed by atoms with van der Waals surface area (Å²) in [5.74, 6) is 0. The summed E-state index contributed by atoms with van der Waals surface area (Å²) < 4.78 is 0. The molecule has 1 aromatic rings. The van der Waals surface area contributed by atoms with Gasteiger partial charge in [0.25, 0.3) is 0 Å². The van der Waals surface area contributed by atoms with E-state index in [0.29, 0.717) is 21.5 Å². The summed E-state index contributed by atoms with van der Waals surface area (Å²) in [6.45, 7) is 3.83. The predicted octanol–water partition coefficient (Wildman–Crippen LogP) is 2.19. The van der Waals surface area contributed by atoms with Gasteiger partial charge in [-0.25, -0.2) is 0 Å². The largest absolute Gasteiger partial charge is 0.364 e. The van der Waals surface area contributed by atoms with Gasteiger partial charge in [0.15, 0.2) is 5.11 Å². The lowest BCUT2D eigenvalue weighted by Crippen LogP contribution is -2.31. The molecule has 0 aliphatic heterocycles. The molecule has 0 radical (unpaired) electrons. The van der Waals surface area contributed by atoms with Crippen LogP contribution in [0.5, 0.6) is 0 Å². The lowest BCUT2D eigenvalue weighted by Gasteiger charge is -2.09. The average molecular weight is 321 g/mol. The SMILES string of the molecule is CCC(=S)NN=C(C)C(=NNC(=S)NC)c1ccccc1. The molecule has 1 rings (SSSR count). The average Bonchev–Trinajstić information content (AvgIpc) is 2.53. The van der Waals surface area contributed by atoms with E-state index in [0.717, 1.165) is 12.0 Å². The number of rotatable bonds is 5. The number of hydrogen-bond donors (Lipinski definition) is 3. The molecule has 0 bridgehead atoms. The molecule has 0 amide bonds. The Morgan fingerprint density at radius 1 is 1.10 bits per heavy atom. The van der Waals surface area contributed by atoms with E-state index >= 15 is 0 Å². The minimum Gasteiger partial charge on any atom is -0.364 e. The van der Waals surface area contributed by atoms with Crippen LogP contribution in [0.1, 0.15) is 25.8 Å². The maximum absolute atomic E-state index is 5.10. The second-order valence-corrected chi connectivity index (χ2v) is 5.00. The molecule has 1 aromatic carbocycles. The molecule has 0 fully saturated rings. The third kappa shape index (κ3) is 5.97. The van der Waals surface area contributed by atoms with Crippen molar-refractivity contribution in [2.45, 2.75) is 20.3 Å². The van der Waals surface area contributed by atoms with Crippen LogP contribution in [0.4, 0.5) is 0 Å². The molecule has 0 heterocycles. The first kappa shape index (κ1) is 17.2. The Balaban J connectivity index is 3.02. The Labute approximate surface area is 135 Å². The number of thiocarbonyl (C=S) groups is 2. The third-order valence-corrected chi connectivity index (χ3v) is 3.23. The van der Waals surface area contributed by atoms with Gasteiger partial charge in [-0.2, -0.15) is 10.2 Å². The summed E-state index contributed by atoms with van der Waals surface area (Å²) >= 11 is 10.1. The van der Waals surface area contributed by atoms with Gasteiger partial charge in [0.2, 0.25) is 0 Å². The minimum absolute atomic E-state index is 0.438. The number of nitrogens with zero attached hydrogens (tertiary/aromatic N) is 2. The van der Waals surface area contributed by atoms with Gasteiger partial charge >= 0.3 is 0 Å². The highest BCUT2D eigenvalue weighted by Crippen LogP contribution is 2.03. The molecule has 7 heteroatoms. The first-order valence-corrected chi connectivity index (χ1v) is 7.34. The predicted molar refractivity (Wildman–Crippen MR) is 96.9 cm³/mol. The molecule has 0 unspecified atom stereocenters. The first-order chi connectivity index (χ1) is 10.1. The molecule has 3 N–H and O–H groups in total. The number of nitrogens with one attached hydrogen (secondary N) is 3. The first-order valence-electron chi connectivity index (χ1n) is 6.52. The van der Waals surface area contributed by atoms with Crippen molar-refractivity contribution in [2.75, 3.05) is 7.05 Å². The zero-order valence-corrected chi connectivity index (χ0v) is 13.9.